The number of unbranched alkanes of at least 4 members (excludes halogenated alkanes) is 1. The number of hydrogen-bond acceptors (Lipinski definition) is 2. The Labute approximate surface area is 196 Å². The molecule has 0 unspecified atom stereocenters. The maximum atomic E-state index is 14.0. The van der Waals surface area contributed by atoms with Crippen LogP contribution in [-0.2, 0) is 26.2 Å². The van der Waals surface area contributed by atoms with Gasteiger partial charge in [0.05, 0.1) is 11.9 Å². The molecule has 0 radical (unpaired) electrons. The molecule has 0 saturated carbocycles. The van der Waals surface area contributed by atoms with Gasteiger partial charge in [-0.2, -0.15) is 0 Å². The highest BCUT2D eigenvalue weighted by atomic mass is 19.1. The number of nitrogens with zero attached hydrogens (tertiary/aromatic N) is 3. The Hall–Kier alpha value is -3.24. The number of halogens is 1. The molecule has 0 saturated heterocycles. The van der Waals surface area contributed by atoms with E-state index in [2.05, 4.69) is 71.8 Å². The van der Waals surface area contributed by atoms with Crippen LogP contribution in [0.25, 0.3) is 11.4 Å². The maximum absolute atomic E-state index is 14.0. The van der Waals surface area contributed by atoms with Crippen molar-refractivity contribution in [3.05, 3.63) is 113 Å². The predicted octanol–water partition coefficient (Wildman–Crippen LogP) is 7.00. The Morgan fingerprint density at radius 1 is 0.879 bits per heavy atom. The quantitative estimate of drug-likeness (QED) is 0.264. The molecule has 1 aromatic heterocycles. The molecule has 0 fully saturated rings. The van der Waals surface area contributed by atoms with Crippen LogP contribution in [0.1, 0.15) is 42.1 Å². The van der Waals surface area contributed by atoms with Crippen molar-refractivity contribution < 1.29 is 4.39 Å². The topological polar surface area (TPSA) is 21.1 Å². The van der Waals surface area contributed by atoms with Crippen molar-refractivity contribution in [2.75, 3.05) is 0 Å². The Kier molecular flexibility index (Phi) is 7.69. The predicted molar refractivity (Wildman–Crippen MR) is 133 cm³/mol. The number of imidazole rings is 1. The van der Waals surface area contributed by atoms with E-state index >= 15 is 0 Å². The van der Waals surface area contributed by atoms with Gasteiger partial charge < -0.3 is 4.57 Å². The summed E-state index contributed by atoms with van der Waals surface area (Å²) >= 11 is 0. The van der Waals surface area contributed by atoms with Gasteiger partial charge >= 0.3 is 0 Å². The van der Waals surface area contributed by atoms with Crippen LogP contribution in [0, 0.1) is 12.7 Å². The number of rotatable bonds is 10. The van der Waals surface area contributed by atoms with Gasteiger partial charge in [-0.3, -0.25) is 4.90 Å². The lowest BCUT2D eigenvalue weighted by Gasteiger charge is -2.24. The molecule has 0 spiro atoms. The molecule has 0 bridgehead atoms. The first-order valence-electron chi connectivity index (χ1n) is 11.7. The summed E-state index contributed by atoms with van der Waals surface area (Å²) in [5.74, 6) is 0.829. The zero-order chi connectivity index (χ0) is 23.0. The number of aryl methyl sites for hydroxylation is 1. The summed E-state index contributed by atoms with van der Waals surface area (Å²) in [5.41, 5.74) is 5.70. The van der Waals surface area contributed by atoms with Crippen LogP contribution in [0.3, 0.4) is 0 Å². The lowest BCUT2D eigenvalue weighted by molar-refractivity contribution is 0.240. The first kappa shape index (κ1) is 22.9. The minimum Gasteiger partial charge on any atom is -0.327 e. The Morgan fingerprint density at radius 3 is 2.33 bits per heavy atom. The smallest absolute Gasteiger partial charge is 0.140 e. The third-order valence-electron chi connectivity index (χ3n) is 6.05. The van der Waals surface area contributed by atoms with Crippen molar-refractivity contribution in [3.63, 3.8) is 0 Å². The summed E-state index contributed by atoms with van der Waals surface area (Å²) in [6.45, 7) is 7.42. The van der Waals surface area contributed by atoms with Crippen molar-refractivity contribution in [2.24, 2.45) is 0 Å². The van der Waals surface area contributed by atoms with Gasteiger partial charge in [-0.25, -0.2) is 9.37 Å². The number of benzene rings is 3. The number of hydrogen-bond donors (Lipinski definition) is 0. The summed E-state index contributed by atoms with van der Waals surface area (Å²) in [5, 5.41) is 0. The Balaban J connectivity index is 1.66. The fourth-order valence-corrected chi connectivity index (χ4v) is 4.21. The van der Waals surface area contributed by atoms with E-state index in [1.165, 1.54) is 17.3 Å². The van der Waals surface area contributed by atoms with Crippen molar-refractivity contribution >= 4 is 0 Å². The van der Waals surface area contributed by atoms with Crippen molar-refractivity contribution in [2.45, 2.75) is 52.9 Å². The third kappa shape index (κ3) is 5.96. The van der Waals surface area contributed by atoms with E-state index in [0.29, 0.717) is 6.54 Å². The van der Waals surface area contributed by atoms with Gasteiger partial charge in [0.2, 0.25) is 0 Å². The largest absolute Gasteiger partial charge is 0.327 e. The second-order valence-corrected chi connectivity index (χ2v) is 8.65. The van der Waals surface area contributed by atoms with Crippen LogP contribution < -0.4 is 0 Å². The minimum atomic E-state index is -0.186. The van der Waals surface area contributed by atoms with Gasteiger partial charge in [-0.15, -0.1) is 0 Å². The molecular formula is C29H32FN3. The summed E-state index contributed by atoms with van der Waals surface area (Å²) in [6, 6.07) is 25.9. The van der Waals surface area contributed by atoms with Crippen LogP contribution >= 0.6 is 0 Å². The Bertz CT molecular complexity index is 1150. The molecule has 0 atom stereocenters. The van der Waals surface area contributed by atoms with Crippen molar-refractivity contribution in [3.8, 4) is 11.4 Å². The normalized spacial score (nSPS) is 11.3. The van der Waals surface area contributed by atoms with Gasteiger partial charge in [0.1, 0.15) is 11.6 Å². The average Bonchev–Trinajstić information content (AvgIpc) is 3.23. The van der Waals surface area contributed by atoms with E-state index in [0.717, 1.165) is 55.0 Å². The van der Waals surface area contributed by atoms with Crippen molar-refractivity contribution in [1.29, 1.82) is 0 Å². The molecule has 170 valence electrons. The molecule has 33 heavy (non-hydrogen) atoms. The first-order chi connectivity index (χ1) is 16.1. The summed E-state index contributed by atoms with van der Waals surface area (Å²) in [7, 11) is 0. The van der Waals surface area contributed by atoms with E-state index in [9.17, 15) is 4.39 Å². The van der Waals surface area contributed by atoms with E-state index < -0.39 is 0 Å². The standard InChI is InChI=1S/C29H32FN3/c1-3-4-17-33-28(19-31-29(33)25-13-9-6-10-14-25)22-32(20-24-11-7-5-8-12-24)21-26-18-27(30)16-15-23(26)2/h5-16,18-19H,3-4,17,20-22H2,1-2H3. The van der Waals surface area contributed by atoms with Crippen LogP contribution in [0.15, 0.2) is 85.1 Å². The summed E-state index contributed by atoms with van der Waals surface area (Å²) in [6.07, 6.45) is 4.24. The van der Waals surface area contributed by atoms with Crippen LogP contribution in [0.2, 0.25) is 0 Å². The summed E-state index contributed by atoms with van der Waals surface area (Å²) in [4.78, 5) is 7.19. The molecule has 3 aromatic carbocycles. The van der Waals surface area contributed by atoms with Crippen LogP contribution in [0.4, 0.5) is 4.39 Å². The van der Waals surface area contributed by atoms with Crippen molar-refractivity contribution in [1.82, 2.24) is 14.5 Å². The van der Waals surface area contributed by atoms with Crippen LogP contribution in [0.5, 0.6) is 0 Å². The SMILES string of the molecule is CCCCn1c(CN(Cc2ccccc2)Cc2cc(F)ccc2C)cnc1-c1ccccc1. The monoisotopic (exact) mass is 441 g/mol. The minimum absolute atomic E-state index is 0.186. The molecular weight excluding hydrogens is 409 g/mol. The average molecular weight is 442 g/mol. The molecule has 0 aliphatic rings. The lowest BCUT2D eigenvalue weighted by atomic mass is 10.1. The molecule has 4 rings (SSSR count). The van der Waals surface area contributed by atoms with Gasteiger partial charge in [-0.05, 0) is 42.2 Å². The van der Waals surface area contributed by atoms with E-state index in [1.54, 1.807) is 6.07 Å². The Morgan fingerprint density at radius 2 is 1.61 bits per heavy atom. The molecule has 0 aliphatic carbocycles. The molecule has 0 amide bonds. The fraction of sp³-hybridized carbons (Fsp3) is 0.276. The highest BCUT2D eigenvalue weighted by molar-refractivity contribution is 5.55. The van der Waals surface area contributed by atoms with Gasteiger partial charge in [-0.1, -0.05) is 80.1 Å². The van der Waals surface area contributed by atoms with Crippen LogP contribution in [-0.4, -0.2) is 14.5 Å². The molecule has 0 N–H and O–H groups in total. The van der Waals surface area contributed by atoms with Gasteiger partial charge in [0.25, 0.3) is 0 Å². The highest BCUT2D eigenvalue weighted by Crippen LogP contribution is 2.23. The third-order valence-corrected chi connectivity index (χ3v) is 6.05. The highest BCUT2D eigenvalue weighted by Gasteiger charge is 2.16. The fourth-order valence-electron chi connectivity index (χ4n) is 4.21. The molecule has 0 aliphatic heterocycles. The molecule has 1 heterocycles. The van der Waals surface area contributed by atoms with Gasteiger partial charge in [0, 0.05) is 31.7 Å². The lowest BCUT2D eigenvalue weighted by Crippen LogP contribution is -2.24. The van der Waals surface area contributed by atoms with E-state index in [-0.39, 0.29) is 5.82 Å². The zero-order valence-electron chi connectivity index (χ0n) is 19.5. The molecule has 4 aromatic rings. The molecule has 3 nitrogen and oxygen atoms in total. The molecule has 4 heteroatoms. The zero-order valence-corrected chi connectivity index (χ0v) is 19.5. The summed E-state index contributed by atoms with van der Waals surface area (Å²) < 4.78 is 16.4. The second-order valence-electron chi connectivity index (χ2n) is 8.65. The first-order valence-corrected chi connectivity index (χ1v) is 11.7. The van der Waals surface area contributed by atoms with E-state index in [4.69, 9.17) is 4.98 Å². The number of aromatic nitrogens is 2. The maximum Gasteiger partial charge on any atom is 0.140 e. The van der Waals surface area contributed by atoms with Gasteiger partial charge in [0.15, 0.2) is 0 Å². The van der Waals surface area contributed by atoms with E-state index in [1.807, 2.05) is 24.4 Å². The second kappa shape index (κ2) is 11.1.